The van der Waals surface area contributed by atoms with Crippen molar-refractivity contribution in [3.63, 3.8) is 0 Å². The molecule has 0 radical (unpaired) electrons. The lowest BCUT2D eigenvalue weighted by Gasteiger charge is -2.20. The quantitative estimate of drug-likeness (QED) is 0.0778. The van der Waals surface area contributed by atoms with E-state index in [4.69, 9.17) is 14.9 Å². The number of ether oxygens (including phenoxy) is 2. The molecule has 228 valence electrons. The Morgan fingerprint density at radius 2 is 1.00 bits per heavy atom. The lowest BCUT2D eigenvalue weighted by atomic mass is 9.96. The van der Waals surface area contributed by atoms with Crippen molar-refractivity contribution in [2.75, 3.05) is 13.2 Å². The van der Waals surface area contributed by atoms with Gasteiger partial charge in [0.2, 0.25) is 0 Å². The molecule has 0 aromatic rings. The van der Waals surface area contributed by atoms with E-state index in [0.29, 0.717) is 6.42 Å². The zero-order chi connectivity index (χ0) is 29.4. The molecule has 0 saturated heterocycles. The molecule has 0 heterocycles. The maximum atomic E-state index is 11.8. The van der Waals surface area contributed by atoms with Crippen LogP contribution in [0, 0.1) is 0 Å². The van der Waals surface area contributed by atoms with Gasteiger partial charge in [0.15, 0.2) is 5.60 Å². The van der Waals surface area contributed by atoms with Gasteiger partial charge in [-0.25, -0.2) is 4.79 Å². The Balaban J connectivity index is 3.63. The molecule has 0 aliphatic rings. The molecule has 0 bridgehead atoms. The van der Waals surface area contributed by atoms with Crippen LogP contribution in [0.4, 0.5) is 0 Å². The summed E-state index contributed by atoms with van der Waals surface area (Å²) in [6.07, 6.45) is 17.9. The summed E-state index contributed by atoms with van der Waals surface area (Å²) >= 11 is 0. The maximum absolute atomic E-state index is 11.8. The molecule has 0 rings (SSSR count). The standard InChI is InChI=1S/C29H52O10/c1-2-3-4-5-6-7-8-9-10-11-12-13-14-15-16-17-18-19-26(33)38-22-24(30)23-39-27(34)21-29(37,28(35)36)20-25(31)32/h24,30,37H,2-23H2,1H3,(H,31,32)(H,35,36). The van der Waals surface area contributed by atoms with Gasteiger partial charge in [0.1, 0.15) is 19.3 Å². The van der Waals surface area contributed by atoms with Crippen LogP contribution in [-0.2, 0) is 28.7 Å². The van der Waals surface area contributed by atoms with E-state index < -0.39 is 61.6 Å². The molecule has 0 aromatic heterocycles. The molecule has 39 heavy (non-hydrogen) atoms. The van der Waals surface area contributed by atoms with Gasteiger partial charge in [-0.2, -0.15) is 0 Å². The molecule has 0 fully saturated rings. The normalized spacial score (nSPS) is 13.4. The van der Waals surface area contributed by atoms with Gasteiger partial charge in [0.25, 0.3) is 0 Å². The lowest BCUT2D eigenvalue weighted by molar-refractivity contribution is -0.173. The van der Waals surface area contributed by atoms with Crippen LogP contribution in [0.15, 0.2) is 0 Å². The zero-order valence-corrected chi connectivity index (χ0v) is 23.9. The summed E-state index contributed by atoms with van der Waals surface area (Å²) in [5.41, 5.74) is -2.81. The molecule has 2 atom stereocenters. The highest BCUT2D eigenvalue weighted by molar-refractivity contribution is 5.88. The van der Waals surface area contributed by atoms with Crippen LogP contribution in [0.3, 0.4) is 0 Å². The van der Waals surface area contributed by atoms with Crippen molar-refractivity contribution in [3.8, 4) is 0 Å². The van der Waals surface area contributed by atoms with Crippen molar-refractivity contribution >= 4 is 23.9 Å². The third-order valence-electron chi connectivity index (χ3n) is 6.64. The van der Waals surface area contributed by atoms with Gasteiger partial charge in [-0.3, -0.25) is 14.4 Å². The van der Waals surface area contributed by atoms with Crippen molar-refractivity contribution < 1.29 is 49.1 Å². The fourth-order valence-corrected chi connectivity index (χ4v) is 4.25. The van der Waals surface area contributed by atoms with Gasteiger partial charge in [0, 0.05) is 6.42 Å². The summed E-state index contributed by atoms with van der Waals surface area (Å²) in [5.74, 6) is -5.14. The Morgan fingerprint density at radius 3 is 1.38 bits per heavy atom. The summed E-state index contributed by atoms with van der Waals surface area (Å²) in [6, 6.07) is 0. The first kappa shape index (κ1) is 36.8. The number of carboxylic acid groups (broad SMARTS) is 2. The van der Waals surface area contributed by atoms with Crippen LogP contribution in [0.25, 0.3) is 0 Å². The maximum Gasteiger partial charge on any atom is 0.336 e. The fourth-order valence-electron chi connectivity index (χ4n) is 4.25. The first-order valence-electron chi connectivity index (χ1n) is 14.8. The summed E-state index contributed by atoms with van der Waals surface area (Å²) < 4.78 is 9.62. The summed E-state index contributed by atoms with van der Waals surface area (Å²) in [7, 11) is 0. The Kier molecular flexibility index (Phi) is 22.3. The Labute approximate surface area is 233 Å². The number of aliphatic hydroxyl groups is 2. The van der Waals surface area contributed by atoms with E-state index in [-0.39, 0.29) is 6.42 Å². The number of carbonyl (C=O) groups is 4. The summed E-state index contributed by atoms with van der Waals surface area (Å²) in [6.45, 7) is 1.26. The number of aliphatic hydroxyl groups excluding tert-OH is 1. The molecule has 0 saturated carbocycles. The second-order valence-corrected chi connectivity index (χ2v) is 10.5. The average molecular weight is 561 g/mol. The molecule has 4 N–H and O–H groups in total. The molecule has 10 nitrogen and oxygen atoms in total. The molecule has 10 heteroatoms. The van der Waals surface area contributed by atoms with Crippen molar-refractivity contribution in [1.82, 2.24) is 0 Å². The van der Waals surface area contributed by atoms with E-state index in [9.17, 15) is 29.4 Å². The molecule has 0 amide bonds. The topological polar surface area (TPSA) is 168 Å². The molecule has 0 aliphatic heterocycles. The molecule has 0 spiro atoms. The Bertz CT molecular complexity index is 681. The number of hydrogen-bond donors (Lipinski definition) is 4. The summed E-state index contributed by atoms with van der Waals surface area (Å²) in [4.78, 5) is 45.3. The van der Waals surface area contributed by atoms with Crippen LogP contribution in [0.5, 0.6) is 0 Å². The third kappa shape index (κ3) is 22.3. The number of unbranched alkanes of at least 4 members (excludes halogenated alkanes) is 16. The fraction of sp³-hybridized carbons (Fsp3) is 0.862. The SMILES string of the molecule is CCCCCCCCCCCCCCCCCCCC(=O)OCC(O)COC(=O)CC(O)(CC(=O)O)C(=O)O. The van der Waals surface area contributed by atoms with Gasteiger partial charge in [0.05, 0.1) is 12.8 Å². The number of esters is 2. The van der Waals surface area contributed by atoms with Gasteiger partial charge >= 0.3 is 23.9 Å². The molecule has 2 unspecified atom stereocenters. The minimum Gasteiger partial charge on any atom is -0.481 e. The van der Waals surface area contributed by atoms with E-state index in [1.165, 1.54) is 83.5 Å². The monoisotopic (exact) mass is 560 g/mol. The summed E-state index contributed by atoms with van der Waals surface area (Å²) in [5, 5.41) is 37.2. The van der Waals surface area contributed by atoms with Crippen molar-refractivity contribution in [2.45, 2.75) is 147 Å². The Hall–Kier alpha value is -2.20. The number of rotatable bonds is 27. The minimum atomic E-state index is -2.81. The van der Waals surface area contributed by atoms with Gasteiger partial charge in [-0.1, -0.05) is 110 Å². The largest absolute Gasteiger partial charge is 0.481 e. The van der Waals surface area contributed by atoms with E-state index in [2.05, 4.69) is 11.7 Å². The Morgan fingerprint density at radius 1 is 0.615 bits per heavy atom. The number of carbonyl (C=O) groups excluding carboxylic acids is 2. The highest BCUT2D eigenvalue weighted by Crippen LogP contribution is 2.17. The van der Waals surface area contributed by atoms with Crippen molar-refractivity contribution in [1.29, 1.82) is 0 Å². The smallest absolute Gasteiger partial charge is 0.336 e. The first-order valence-corrected chi connectivity index (χ1v) is 14.8. The third-order valence-corrected chi connectivity index (χ3v) is 6.64. The van der Waals surface area contributed by atoms with Crippen LogP contribution < -0.4 is 0 Å². The first-order chi connectivity index (χ1) is 18.6. The van der Waals surface area contributed by atoms with E-state index in [1.807, 2.05) is 0 Å². The van der Waals surface area contributed by atoms with E-state index in [1.54, 1.807) is 0 Å². The van der Waals surface area contributed by atoms with Gasteiger partial charge < -0.3 is 29.9 Å². The predicted molar refractivity (Wildman–Crippen MR) is 146 cm³/mol. The van der Waals surface area contributed by atoms with Crippen LogP contribution >= 0.6 is 0 Å². The highest BCUT2D eigenvalue weighted by Gasteiger charge is 2.41. The van der Waals surface area contributed by atoms with E-state index in [0.717, 1.165) is 19.3 Å². The van der Waals surface area contributed by atoms with E-state index >= 15 is 0 Å². The molecule has 0 aromatic carbocycles. The minimum absolute atomic E-state index is 0.228. The predicted octanol–water partition coefficient (Wildman–Crippen LogP) is 5.16. The number of carboxylic acids is 2. The average Bonchev–Trinajstić information content (AvgIpc) is 2.87. The van der Waals surface area contributed by atoms with Gasteiger partial charge in [-0.15, -0.1) is 0 Å². The number of hydrogen-bond acceptors (Lipinski definition) is 8. The van der Waals surface area contributed by atoms with Crippen molar-refractivity contribution in [2.24, 2.45) is 0 Å². The highest BCUT2D eigenvalue weighted by atomic mass is 16.6. The number of aliphatic carboxylic acids is 2. The van der Waals surface area contributed by atoms with Gasteiger partial charge in [-0.05, 0) is 6.42 Å². The van der Waals surface area contributed by atoms with Crippen molar-refractivity contribution in [3.05, 3.63) is 0 Å². The van der Waals surface area contributed by atoms with Crippen LogP contribution in [0.1, 0.15) is 135 Å². The zero-order valence-electron chi connectivity index (χ0n) is 23.9. The molecule has 0 aliphatic carbocycles. The second kappa shape index (κ2) is 23.7. The lowest BCUT2D eigenvalue weighted by Crippen LogP contribution is -2.43. The van der Waals surface area contributed by atoms with Crippen LogP contribution in [-0.4, -0.2) is 69.2 Å². The second-order valence-electron chi connectivity index (χ2n) is 10.5. The molecular weight excluding hydrogens is 508 g/mol. The molecular formula is C29H52O10. The van der Waals surface area contributed by atoms with Crippen LogP contribution in [0.2, 0.25) is 0 Å².